The van der Waals surface area contributed by atoms with Crippen LogP contribution in [0, 0.1) is 0 Å². The van der Waals surface area contributed by atoms with Crippen LogP contribution in [0.1, 0.15) is 10.6 Å². The summed E-state index contributed by atoms with van der Waals surface area (Å²) in [5, 5.41) is 6.22. The van der Waals surface area contributed by atoms with Crippen LogP contribution in [0.2, 0.25) is 43.3 Å². The van der Waals surface area contributed by atoms with E-state index >= 15 is 0 Å². The van der Waals surface area contributed by atoms with Gasteiger partial charge in [-0.1, -0.05) is 66.3 Å². The quantitative estimate of drug-likeness (QED) is 0.418. The third kappa shape index (κ3) is 4.62. The Kier molecular flexibility index (Phi) is 6.59. The molecule has 9 heteroatoms. The van der Waals surface area contributed by atoms with E-state index in [4.69, 9.17) is 30.2 Å². The third-order valence-electron chi connectivity index (χ3n) is 6.59. The first-order valence-corrected chi connectivity index (χ1v) is 18.0. The van der Waals surface area contributed by atoms with Gasteiger partial charge in [0.25, 0.3) is 11.9 Å². The van der Waals surface area contributed by atoms with Gasteiger partial charge in [-0.05, 0) is 30.3 Å². The Bertz CT molecular complexity index is 1220. The van der Waals surface area contributed by atoms with Crippen LogP contribution < -0.4 is 29.9 Å². The van der Waals surface area contributed by atoms with Crippen LogP contribution in [0.15, 0.2) is 46.9 Å². The van der Waals surface area contributed by atoms with E-state index < -0.39 is 22.1 Å². The summed E-state index contributed by atoms with van der Waals surface area (Å²) in [6.07, 6.45) is 0. The van der Waals surface area contributed by atoms with Crippen LogP contribution in [0.3, 0.4) is 0 Å². The van der Waals surface area contributed by atoms with E-state index in [1.54, 1.807) is 30.3 Å². The van der Waals surface area contributed by atoms with Crippen molar-refractivity contribution in [2.24, 2.45) is 0 Å². The lowest BCUT2D eigenvalue weighted by molar-refractivity contribution is 0.0991. The number of halogens is 1. The standard InChI is InChI=1S/C25H30ClNO5Si2/c1-29-17-8-7-9-18(30-2)24(17)27-25(28)19-10-11-23(31-19)32-20-15-22-21(14-16(20)26)33(3,4)12-13-34(22,5)6/h7-11,14-15H,12-13H2,1-6H3,(H,27,28). The molecule has 0 bridgehead atoms. The molecular weight excluding hydrogens is 486 g/mol. The van der Waals surface area contributed by atoms with Crippen LogP contribution in [0.4, 0.5) is 5.69 Å². The molecule has 0 aliphatic carbocycles. The number of furan rings is 1. The van der Waals surface area contributed by atoms with Crippen LogP contribution in [0.5, 0.6) is 23.2 Å². The lowest BCUT2D eigenvalue weighted by Gasteiger charge is -2.39. The minimum absolute atomic E-state index is 0.0975. The van der Waals surface area contributed by atoms with Gasteiger partial charge in [0.05, 0.1) is 35.4 Å². The monoisotopic (exact) mass is 515 g/mol. The van der Waals surface area contributed by atoms with Gasteiger partial charge in [0.1, 0.15) is 22.9 Å². The van der Waals surface area contributed by atoms with Crippen LogP contribution in [-0.2, 0) is 0 Å². The zero-order valence-corrected chi connectivity index (χ0v) is 23.1. The number of anilines is 1. The molecule has 6 nitrogen and oxygen atoms in total. The summed E-state index contributed by atoms with van der Waals surface area (Å²) >= 11 is 6.64. The summed E-state index contributed by atoms with van der Waals surface area (Å²) in [6.45, 7) is 9.60. The lowest BCUT2D eigenvalue weighted by atomic mass is 10.2. The number of para-hydroxylation sites is 1. The normalized spacial score (nSPS) is 15.9. The van der Waals surface area contributed by atoms with Crippen molar-refractivity contribution in [3.8, 4) is 23.2 Å². The fraction of sp³-hybridized carbons (Fsp3) is 0.320. The molecule has 3 aromatic rings. The van der Waals surface area contributed by atoms with Crippen molar-refractivity contribution in [2.45, 2.75) is 38.3 Å². The van der Waals surface area contributed by atoms with Gasteiger partial charge in [-0.15, -0.1) is 0 Å². The van der Waals surface area contributed by atoms with Crippen molar-refractivity contribution in [3.63, 3.8) is 0 Å². The van der Waals surface area contributed by atoms with Crippen LogP contribution >= 0.6 is 11.6 Å². The first kappa shape index (κ1) is 24.4. The first-order chi connectivity index (χ1) is 16.1. The van der Waals surface area contributed by atoms with Gasteiger partial charge in [-0.25, -0.2) is 0 Å². The Balaban J connectivity index is 1.58. The van der Waals surface area contributed by atoms with E-state index in [9.17, 15) is 4.79 Å². The topological polar surface area (TPSA) is 69.9 Å². The van der Waals surface area contributed by atoms with E-state index in [0.717, 1.165) is 0 Å². The van der Waals surface area contributed by atoms with E-state index in [1.807, 2.05) is 0 Å². The number of hydrogen-bond acceptors (Lipinski definition) is 5. The van der Waals surface area contributed by atoms with E-state index in [2.05, 4.69) is 43.6 Å². The molecule has 4 rings (SSSR count). The van der Waals surface area contributed by atoms with Crippen molar-refractivity contribution in [1.29, 1.82) is 0 Å². The minimum Gasteiger partial charge on any atom is -0.494 e. The van der Waals surface area contributed by atoms with Gasteiger partial charge in [0.15, 0.2) is 5.76 Å². The molecule has 0 atom stereocenters. The van der Waals surface area contributed by atoms with Gasteiger partial charge in [-0.3, -0.25) is 4.79 Å². The summed E-state index contributed by atoms with van der Waals surface area (Å²) in [7, 11) is -0.0260. The highest BCUT2D eigenvalue weighted by atomic mass is 35.5. The summed E-state index contributed by atoms with van der Waals surface area (Å²) in [5.74, 6) is 1.37. The van der Waals surface area contributed by atoms with E-state index in [-0.39, 0.29) is 11.7 Å². The predicted molar refractivity (Wildman–Crippen MR) is 142 cm³/mol. The second kappa shape index (κ2) is 9.16. The molecule has 0 fully saturated rings. The molecule has 0 saturated carbocycles. The van der Waals surface area contributed by atoms with E-state index in [0.29, 0.717) is 28.0 Å². The zero-order valence-electron chi connectivity index (χ0n) is 20.4. The maximum Gasteiger partial charge on any atom is 0.291 e. The molecule has 2 aromatic carbocycles. The molecule has 1 aliphatic rings. The van der Waals surface area contributed by atoms with Crippen LogP contribution in [0.25, 0.3) is 0 Å². The van der Waals surface area contributed by atoms with Gasteiger partial charge < -0.3 is 23.9 Å². The average Bonchev–Trinajstić information content (AvgIpc) is 3.27. The highest BCUT2D eigenvalue weighted by Crippen LogP contribution is 2.36. The summed E-state index contributed by atoms with van der Waals surface area (Å²) in [5.41, 5.74) is 0.424. The number of ether oxygens (including phenoxy) is 3. The fourth-order valence-electron chi connectivity index (χ4n) is 4.40. The number of carbonyl (C=O) groups is 1. The van der Waals surface area contributed by atoms with Gasteiger partial charge in [0.2, 0.25) is 0 Å². The van der Waals surface area contributed by atoms with Crippen molar-refractivity contribution in [3.05, 3.63) is 53.2 Å². The number of fused-ring (bicyclic) bond motifs is 1. The number of carbonyl (C=O) groups excluding carboxylic acids is 1. The largest absolute Gasteiger partial charge is 0.494 e. The molecule has 1 amide bonds. The molecule has 2 heterocycles. The lowest BCUT2D eigenvalue weighted by Crippen LogP contribution is -2.63. The first-order valence-electron chi connectivity index (χ1n) is 11.2. The molecule has 34 heavy (non-hydrogen) atoms. The van der Waals surface area contributed by atoms with Gasteiger partial charge in [-0.2, -0.15) is 0 Å². The smallest absolute Gasteiger partial charge is 0.291 e. The molecule has 0 spiro atoms. The van der Waals surface area contributed by atoms with Crippen molar-refractivity contribution >= 4 is 49.7 Å². The number of benzene rings is 2. The van der Waals surface area contributed by atoms with Crippen molar-refractivity contribution < 1.29 is 23.4 Å². The molecule has 0 radical (unpaired) electrons. The number of hydrogen-bond donors (Lipinski definition) is 1. The Labute approximate surface area is 207 Å². The number of methoxy groups -OCH3 is 2. The highest BCUT2D eigenvalue weighted by molar-refractivity contribution is 7.03. The number of amides is 1. The average molecular weight is 516 g/mol. The number of nitrogens with one attached hydrogen (secondary N) is 1. The SMILES string of the molecule is COc1cccc(OC)c1NC(=O)c1ccc(Oc2cc3c(cc2Cl)[Si](C)(C)CC[Si]3(C)C)o1. The fourth-order valence-corrected chi connectivity index (χ4v) is 14.9. The van der Waals surface area contributed by atoms with Crippen molar-refractivity contribution in [2.75, 3.05) is 19.5 Å². The Morgan fingerprint density at radius 2 is 1.50 bits per heavy atom. The summed E-state index contributed by atoms with van der Waals surface area (Å²) in [6, 6.07) is 15.2. The Morgan fingerprint density at radius 3 is 2.09 bits per heavy atom. The van der Waals surface area contributed by atoms with Gasteiger partial charge >= 0.3 is 0 Å². The maximum absolute atomic E-state index is 12.8. The third-order valence-corrected chi connectivity index (χ3v) is 14.4. The molecule has 1 aromatic heterocycles. The second-order valence-electron chi connectivity index (χ2n) is 9.81. The predicted octanol–water partition coefficient (Wildman–Crippen LogP) is 5.84. The van der Waals surface area contributed by atoms with E-state index in [1.165, 1.54) is 36.7 Å². The molecule has 0 unspecified atom stereocenters. The zero-order chi connectivity index (χ0) is 24.7. The molecular formula is C25H30ClNO5Si2. The summed E-state index contributed by atoms with van der Waals surface area (Å²) in [4.78, 5) is 12.8. The van der Waals surface area contributed by atoms with Crippen molar-refractivity contribution in [1.82, 2.24) is 0 Å². The molecule has 1 aliphatic heterocycles. The molecule has 180 valence electrons. The highest BCUT2D eigenvalue weighted by Gasteiger charge is 2.40. The number of rotatable bonds is 6. The minimum atomic E-state index is -1.57. The maximum atomic E-state index is 12.8. The molecule has 0 saturated heterocycles. The Morgan fingerprint density at radius 1 is 0.912 bits per heavy atom. The summed E-state index contributed by atoms with van der Waals surface area (Å²) < 4.78 is 22.4. The van der Waals surface area contributed by atoms with Crippen LogP contribution in [-0.4, -0.2) is 36.3 Å². The second-order valence-corrected chi connectivity index (χ2v) is 19.8. The Hall–Kier alpha value is -2.69. The molecule has 1 N–H and O–H groups in total. The van der Waals surface area contributed by atoms with Gasteiger partial charge in [0, 0.05) is 6.07 Å².